The van der Waals surface area contributed by atoms with Crippen LogP contribution < -0.4 is 16.4 Å². The minimum Gasteiger partial charge on any atom is -0.398 e. The molecule has 7 nitrogen and oxygen atoms in total. The van der Waals surface area contributed by atoms with E-state index in [0.29, 0.717) is 5.69 Å². The van der Waals surface area contributed by atoms with Crippen LogP contribution in [0.1, 0.15) is 29.8 Å². The van der Waals surface area contributed by atoms with Crippen molar-refractivity contribution in [2.45, 2.75) is 19.9 Å². The normalized spacial score (nSPS) is 11.7. The predicted octanol–water partition coefficient (Wildman–Crippen LogP) is 2.02. The maximum atomic E-state index is 12.4. The number of nitrogens with one attached hydrogen (secondary N) is 3. The van der Waals surface area contributed by atoms with E-state index in [1.807, 2.05) is 19.9 Å². The Balaban J connectivity index is 2.19. The summed E-state index contributed by atoms with van der Waals surface area (Å²) in [5, 5.41) is 22.9. The van der Waals surface area contributed by atoms with Gasteiger partial charge in [0.15, 0.2) is 0 Å². The summed E-state index contributed by atoms with van der Waals surface area (Å²) in [4.78, 5) is 24.8. The smallest absolute Gasteiger partial charge is 0.274 e. The first-order chi connectivity index (χ1) is 12.8. The lowest BCUT2D eigenvalue weighted by Crippen LogP contribution is -2.41. The summed E-state index contributed by atoms with van der Waals surface area (Å²) in [6.45, 7) is 3.60. The molecular formula is C20H24N4O3. The van der Waals surface area contributed by atoms with Crippen LogP contribution >= 0.6 is 0 Å². The van der Waals surface area contributed by atoms with Crippen LogP contribution in [0.25, 0.3) is 0 Å². The molecule has 0 aliphatic carbocycles. The van der Waals surface area contributed by atoms with Gasteiger partial charge in [0, 0.05) is 22.5 Å². The second-order valence-corrected chi connectivity index (χ2v) is 6.50. The van der Waals surface area contributed by atoms with Gasteiger partial charge in [0.25, 0.3) is 11.8 Å². The van der Waals surface area contributed by atoms with Crippen LogP contribution in [0.15, 0.2) is 48.5 Å². The van der Waals surface area contributed by atoms with Crippen molar-refractivity contribution in [1.29, 1.82) is 5.41 Å². The second-order valence-electron chi connectivity index (χ2n) is 6.50. The summed E-state index contributed by atoms with van der Waals surface area (Å²) in [5.41, 5.74) is 6.78. The van der Waals surface area contributed by atoms with Gasteiger partial charge in [-0.05, 0) is 36.2 Å². The molecule has 0 saturated carbocycles. The number of carbonyl (C=O) groups excluding carboxylic acids is 2. The minimum atomic E-state index is -0.624. The first-order valence-electron chi connectivity index (χ1n) is 8.60. The van der Waals surface area contributed by atoms with Crippen molar-refractivity contribution < 1.29 is 14.7 Å². The van der Waals surface area contributed by atoms with Crippen LogP contribution in [0.2, 0.25) is 0 Å². The van der Waals surface area contributed by atoms with Crippen LogP contribution in [-0.2, 0) is 4.79 Å². The summed E-state index contributed by atoms with van der Waals surface area (Å²) in [6, 6.07) is 12.8. The molecule has 27 heavy (non-hydrogen) atoms. The van der Waals surface area contributed by atoms with Crippen molar-refractivity contribution in [1.82, 2.24) is 5.32 Å². The fraction of sp³-hybridized carbons (Fsp3) is 0.250. The number of aliphatic hydroxyl groups excluding tert-OH is 1. The molecule has 142 valence electrons. The summed E-state index contributed by atoms with van der Waals surface area (Å²) < 4.78 is 0. The highest BCUT2D eigenvalue weighted by atomic mass is 16.3. The molecule has 2 aromatic carbocycles. The number of benzene rings is 2. The Morgan fingerprint density at radius 1 is 1.15 bits per heavy atom. The standard InChI is InChI=1S/C20H24N4O3/c1-12(2)17(11-25)24-19(26)13-8-9-16(21)15(10-13)18(22)20(27)23-14-6-4-3-5-7-14/h3-10,12,17,22,25H,11,21H2,1-2H3,(H,23,27)(H,24,26)/t17-/m1/s1. The summed E-state index contributed by atoms with van der Waals surface area (Å²) in [6.07, 6.45) is 0. The quantitative estimate of drug-likeness (QED) is 0.378. The van der Waals surface area contributed by atoms with Gasteiger partial charge in [-0.15, -0.1) is 0 Å². The van der Waals surface area contributed by atoms with Gasteiger partial charge in [0.1, 0.15) is 5.71 Å². The molecule has 0 aromatic heterocycles. The van der Waals surface area contributed by atoms with Crippen LogP contribution in [0.4, 0.5) is 11.4 Å². The third-order valence-corrected chi connectivity index (χ3v) is 4.16. The Morgan fingerprint density at radius 2 is 1.81 bits per heavy atom. The van der Waals surface area contributed by atoms with E-state index in [-0.39, 0.29) is 41.1 Å². The molecule has 0 fully saturated rings. The highest BCUT2D eigenvalue weighted by molar-refractivity contribution is 6.48. The number of carbonyl (C=O) groups is 2. The summed E-state index contributed by atoms with van der Waals surface area (Å²) in [7, 11) is 0. The number of rotatable bonds is 7. The van der Waals surface area contributed by atoms with Crippen molar-refractivity contribution in [3.05, 3.63) is 59.7 Å². The number of hydrogen-bond donors (Lipinski definition) is 5. The van der Waals surface area contributed by atoms with E-state index >= 15 is 0 Å². The summed E-state index contributed by atoms with van der Waals surface area (Å²) in [5.74, 6) is -0.969. The van der Waals surface area contributed by atoms with Gasteiger partial charge in [-0.3, -0.25) is 15.0 Å². The molecule has 7 heteroatoms. The number of nitrogen functional groups attached to an aromatic ring is 1. The molecule has 0 saturated heterocycles. The van der Waals surface area contributed by atoms with Crippen molar-refractivity contribution in [3.8, 4) is 0 Å². The molecule has 6 N–H and O–H groups in total. The zero-order valence-electron chi connectivity index (χ0n) is 15.3. The van der Waals surface area contributed by atoms with Crippen molar-refractivity contribution in [2.75, 3.05) is 17.7 Å². The molecule has 2 rings (SSSR count). The zero-order valence-corrected chi connectivity index (χ0v) is 15.3. The third-order valence-electron chi connectivity index (χ3n) is 4.16. The first-order valence-corrected chi connectivity index (χ1v) is 8.60. The molecule has 0 unspecified atom stereocenters. The maximum absolute atomic E-state index is 12.4. The highest BCUT2D eigenvalue weighted by Gasteiger charge is 2.20. The van der Waals surface area contributed by atoms with Crippen LogP contribution in [0.3, 0.4) is 0 Å². The Morgan fingerprint density at radius 3 is 2.41 bits per heavy atom. The van der Waals surface area contributed by atoms with E-state index in [0.717, 1.165) is 0 Å². The van der Waals surface area contributed by atoms with Gasteiger partial charge < -0.3 is 21.5 Å². The van der Waals surface area contributed by atoms with E-state index in [4.69, 9.17) is 11.1 Å². The first kappa shape index (κ1) is 20.1. The molecular weight excluding hydrogens is 344 g/mol. The average Bonchev–Trinajstić information content (AvgIpc) is 2.66. The lowest BCUT2D eigenvalue weighted by atomic mass is 10.0. The SMILES string of the molecule is CC(C)[C@@H](CO)NC(=O)c1ccc(N)c(C(=N)C(=O)Nc2ccccc2)c1. The number of aliphatic hydroxyl groups is 1. The number of para-hydroxylation sites is 1. The lowest BCUT2D eigenvalue weighted by molar-refractivity contribution is -0.110. The number of nitrogens with two attached hydrogens (primary N) is 1. The predicted molar refractivity (Wildman–Crippen MR) is 106 cm³/mol. The van der Waals surface area contributed by atoms with Crippen LogP contribution in [0, 0.1) is 11.3 Å². The molecule has 0 spiro atoms. The second kappa shape index (κ2) is 8.95. The van der Waals surface area contributed by atoms with E-state index in [2.05, 4.69) is 10.6 Å². The third kappa shape index (κ3) is 5.15. The van der Waals surface area contributed by atoms with E-state index in [9.17, 15) is 14.7 Å². The minimum absolute atomic E-state index is 0.0575. The Bertz CT molecular complexity index is 834. The molecule has 1 atom stereocenters. The average molecular weight is 368 g/mol. The molecule has 0 aliphatic rings. The number of amides is 2. The van der Waals surface area contributed by atoms with Gasteiger partial charge in [-0.2, -0.15) is 0 Å². The maximum Gasteiger partial charge on any atom is 0.274 e. The number of hydrogen-bond acceptors (Lipinski definition) is 5. The van der Waals surface area contributed by atoms with Crippen molar-refractivity contribution in [3.63, 3.8) is 0 Å². The highest BCUT2D eigenvalue weighted by Crippen LogP contribution is 2.17. The van der Waals surface area contributed by atoms with Gasteiger partial charge in [-0.1, -0.05) is 32.0 Å². The van der Waals surface area contributed by atoms with E-state index in [1.165, 1.54) is 18.2 Å². The topological polar surface area (TPSA) is 128 Å². The Kier molecular flexibility index (Phi) is 6.67. The molecule has 2 amide bonds. The molecule has 0 radical (unpaired) electrons. The van der Waals surface area contributed by atoms with Gasteiger partial charge in [-0.25, -0.2) is 0 Å². The summed E-state index contributed by atoms with van der Waals surface area (Å²) >= 11 is 0. The fourth-order valence-electron chi connectivity index (χ4n) is 2.43. The van der Waals surface area contributed by atoms with Gasteiger partial charge in [0.05, 0.1) is 12.6 Å². The Hall–Kier alpha value is -3.19. The molecule has 0 aliphatic heterocycles. The molecule has 0 bridgehead atoms. The van der Waals surface area contributed by atoms with E-state index in [1.54, 1.807) is 24.3 Å². The van der Waals surface area contributed by atoms with Crippen LogP contribution in [-0.4, -0.2) is 35.3 Å². The zero-order chi connectivity index (χ0) is 20.0. The van der Waals surface area contributed by atoms with Gasteiger partial charge in [0.2, 0.25) is 0 Å². The molecule has 2 aromatic rings. The van der Waals surface area contributed by atoms with Gasteiger partial charge >= 0.3 is 0 Å². The largest absolute Gasteiger partial charge is 0.398 e. The lowest BCUT2D eigenvalue weighted by Gasteiger charge is -2.20. The van der Waals surface area contributed by atoms with Crippen LogP contribution in [0.5, 0.6) is 0 Å². The van der Waals surface area contributed by atoms with E-state index < -0.39 is 11.8 Å². The molecule has 0 heterocycles. The number of anilines is 2. The monoisotopic (exact) mass is 368 g/mol. The van der Waals surface area contributed by atoms with Crippen molar-refractivity contribution >= 4 is 28.9 Å². The fourth-order valence-corrected chi connectivity index (χ4v) is 2.43. The Labute approximate surface area is 158 Å². The van der Waals surface area contributed by atoms with Crippen molar-refractivity contribution in [2.24, 2.45) is 5.92 Å².